The van der Waals surface area contributed by atoms with Crippen molar-refractivity contribution in [2.75, 3.05) is 12.5 Å². The average molecular weight is 327 g/mol. The van der Waals surface area contributed by atoms with Crippen LogP contribution >= 0.6 is 35.3 Å². The molecule has 0 fully saturated rings. The van der Waals surface area contributed by atoms with Gasteiger partial charge in [-0.1, -0.05) is 0 Å². The van der Waals surface area contributed by atoms with Crippen LogP contribution in [-0.2, 0) is 0 Å². The third-order valence-corrected chi connectivity index (χ3v) is 5.10. The maximum absolute atomic E-state index is 10.6. The van der Waals surface area contributed by atoms with Crippen LogP contribution in [0, 0.1) is 10.4 Å². The van der Waals surface area contributed by atoms with Gasteiger partial charge in [-0.15, -0.1) is 28.6 Å². The summed E-state index contributed by atoms with van der Waals surface area (Å²) in [6.45, 7) is 0. The van der Waals surface area contributed by atoms with Crippen LogP contribution in [0.2, 0.25) is 0 Å². The van der Waals surface area contributed by atoms with Gasteiger partial charge in [-0.3, -0.25) is 5.43 Å². The predicted octanol–water partition coefficient (Wildman–Crippen LogP) is 2.46. The number of thioether (sulfide) groups is 3. The highest BCUT2D eigenvalue weighted by atomic mass is 32.2. The first-order valence-corrected chi connectivity index (χ1v) is 8.70. The van der Waals surface area contributed by atoms with E-state index in [0.717, 1.165) is 15.0 Å². The number of hydrogen-bond donors (Lipinski definition) is 1. The quantitative estimate of drug-likeness (QED) is 0.318. The molecule has 0 aromatic carbocycles. The lowest BCUT2D eigenvalue weighted by atomic mass is 10.1. The SMILES string of the molecule is CSC(=NC1=NNC(=C2C=CC(=[N+]([O-])[O-])C=C2)S1)SC. The largest absolute Gasteiger partial charge is 0.612 e. The van der Waals surface area contributed by atoms with Crippen LogP contribution in [-0.4, -0.2) is 32.7 Å². The number of amidine groups is 1. The van der Waals surface area contributed by atoms with Crippen molar-refractivity contribution in [3.05, 3.63) is 45.3 Å². The Labute approximate surface area is 129 Å². The molecule has 0 bridgehead atoms. The van der Waals surface area contributed by atoms with Crippen LogP contribution in [0.1, 0.15) is 0 Å². The minimum atomic E-state index is -0.418. The molecule has 20 heavy (non-hydrogen) atoms. The summed E-state index contributed by atoms with van der Waals surface area (Å²) in [5.41, 5.74) is 3.82. The molecule has 106 valence electrons. The summed E-state index contributed by atoms with van der Waals surface area (Å²) in [6.07, 6.45) is 10.3. The molecule has 0 amide bonds. The summed E-state index contributed by atoms with van der Waals surface area (Å²) >= 11 is 4.54. The lowest BCUT2D eigenvalue weighted by Gasteiger charge is -2.09. The Morgan fingerprint density at radius 1 is 1.25 bits per heavy atom. The number of nitrogens with one attached hydrogen (secondary N) is 1. The lowest BCUT2D eigenvalue weighted by molar-refractivity contribution is -0.377. The highest BCUT2D eigenvalue weighted by Gasteiger charge is 2.17. The van der Waals surface area contributed by atoms with Gasteiger partial charge >= 0.3 is 0 Å². The Morgan fingerprint density at radius 2 is 1.90 bits per heavy atom. The fourth-order valence-corrected chi connectivity index (χ4v) is 3.29. The van der Waals surface area contributed by atoms with Crippen molar-refractivity contribution in [1.29, 1.82) is 0 Å². The Hall–Kier alpha value is -1.32. The van der Waals surface area contributed by atoms with E-state index in [1.807, 2.05) is 12.5 Å². The molecular formula is C11H11N4O2S3-. The monoisotopic (exact) mass is 327 g/mol. The third-order valence-electron chi connectivity index (χ3n) is 2.32. The molecule has 0 unspecified atom stereocenters. The van der Waals surface area contributed by atoms with Gasteiger partial charge in [0.1, 0.15) is 9.40 Å². The van der Waals surface area contributed by atoms with Gasteiger partial charge in [0.2, 0.25) is 10.9 Å². The van der Waals surface area contributed by atoms with Crippen LogP contribution in [0.25, 0.3) is 0 Å². The van der Waals surface area contributed by atoms with E-state index >= 15 is 0 Å². The minimum absolute atomic E-state index is 0.0727. The highest BCUT2D eigenvalue weighted by molar-refractivity contribution is 8.38. The fraction of sp³-hybridized carbons (Fsp3) is 0.182. The van der Waals surface area contributed by atoms with Gasteiger partial charge in [-0.2, -0.15) is 4.90 Å². The normalized spacial score (nSPS) is 17.1. The molecule has 0 aromatic rings. The van der Waals surface area contributed by atoms with Crippen LogP contribution in [0.15, 0.2) is 45.0 Å². The Balaban J connectivity index is 2.11. The summed E-state index contributed by atoms with van der Waals surface area (Å²) in [4.78, 5) is 3.98. The van der Waals surface area contributed by atoms with Gasteiger partial charge < -0.3 is 10.4 Å². The Bertz CT molecular complexity index is 562. The molecule has 6 nitrogen and oxygen atoms in total. The molecule has 0 atom stereocenters. The topological polar surface area (TPSA) is 85.9 Å². The number of aliphatic imine (C=N–C) groups is 1. The van der Waals surface area contributed by atoms with E-state index in [2.05, 4.69) is 15.5 Å². The van der Waals surface area contributed by atoms with Crippen molar-refractivity contribution in [2.24, 2.45) is 10.1 Å². The van der Waals surface area contributed by atoms with Crippen molar-refractivity contribution in [1.82, 2.24) is 5.43 Å². The second-order valence-corrected chi connectivity index (χ2v) is 6.35. The van der Waals surface area contributed by atoms with Gasteiger partial charge in [0, 0.05) is 17.7 Å². The van der Waals surface area contributed by atoms with Crippen molar-refractivity contribution in [3.8, 4) is 0 Å². The number of nitrogens with zero attached hydrogens (tertiary/aromatic N) is 3. The standard InChI is InChI=1S/C11H11N4O2S3/c1-18-11(19-2)12-10-14-13-9(20-10)7-3-5-8(6-4-7)15(16)17/h3-6,13H,1-2H3/q-1. The predicted molar refractivity (Wildman–Crippen MR) is 89.9 cm³/mol. The van der Waals surface area contributed by atoms with Gasteiger partial charge in [-0.05, 0) is 36.4 Å². The minimum Gasteiger partial charge on any atom is -0.612 e. The molecule has 0 radical (unpaired) electrons. The first kappa shape index (κ1) is 15.1. The van der Waals surface area contributed by atoms with Crippen LogP contribution in [0.5, 0.6) is 0 Å². The molecule has 2 aliphatic rings. The molecule has 1 aliphatic carbocycles. The second kappa shape index (κ2) is 6.91. The van der Waals surface area contributed by atoms with Crippen molar-refractivity contribution < 1.29 is 4.90 Å². The molecule has 0 saturated heterocycles. The Kier molecular flexibility index (Phi) is 5.21. The van der Waals surface area contributed by atoms with Crippen LogP contribution < -0.4 is 5.43 Å². The van der Waals surface area contributed by atoms with E-state index in [1.54, 1.807) is 35.7 Å². The first-order chi connectivity index (χ1) is 9.63. The van der Waals surface area contributed by atoms with Crippen molar-refractivity contribution >= 4 is 50.5 Å². The average Bonchev–Trinajstić information content (AvgIpc) is 2.93. The third kappa shape index (κ3) is 3.62. The summed E-state index contributed by atoms with van der Waals surface area (Å²) in [5.74, 6) is 0. The molecule has 0 spiro atoms. The molecule has 2 rings (SSSR count). The summed E-state index contributed by atoms with van der Waals surface area (Å²) in [6, 6.07) is 0. The second-order valence-electron chi connectivity index (χ2n) is 3.53. The zero-order chi connectivity index (χ0) is 14.5. The van der Waals surface area contributed by atoms with Crippen LogP contribution in [0.4, 0.5) is 0 Å². The van der Waals surface area contributed by atoms with Gasteiger partial charge in [0.05, 0.1) is 0 Å². The molecule has 1 N–H and O–H groups in total. The first-order valence-electron chi connectivity index (χ1n) is 5.44. The molecule has 0 saturated carbocycles. The van der Waals surface area contributed by atoms with Gasteiger partial charge in [-0.25, -0.2) is 4.99 Å². The molecular weight excluding hydrogens is 316 g/mol. The van der Waals surface area contributed by atoms with Crippen molar-refractivity contribution in [2.45, 2.75) is 0 Å². The smallest absolute Gasteiger partial charge is 0.222 e. The zero-order valence-electron chi connectivity index (χ0n) is 10.7. The number of allylic oxidation sites excluding steroid dienone is 5. The summed E-state index contributed by atoms with van der Waals surface area (Å²) < 4.78 is 0.933. The van der Waals surface area contributed by atoms with Crippen molar-refractivity contribution in [3.63, 3.8) is 0 Å². The Morgan fingerprint density at radius 3 is 2.45 bits per heavy atom. The molecule has 9 heteroatoms. The number of rotatable bonds is 0. The van der Waals surface area contributed by atoms with E-state index in [1.165, 1.54) is 23.9 Å². The van der Waals surface area contributed by atoms with Gasteiger partial charge in [0.15, 0.2) is 0 Å². The molecule has 1 heterocycles. The summed E-state index contributed by atoms with van der Waals surface area (Å²) in [5, 5.41) is 26.8. The molecule has 0 aromatic heterocycles. The molecule has 1 aliphatic heterocycles. The van der Waals surface area contributed by atoms with E-state index in [-0.39, 0.29) is 5.71 Å². The fourth-order valence-electron chi connectivity index (χ4n) is 1.39. The number of hydrazone groups is 1. The van der Waals surface area contributed by atoms with E-state index in [9.17, 15) is 10.4 Å². The van der Waals surface area contributed by atoms with E-state index < -0.39 is 4.90 Å². The zero-order valence-corrected chi connectivity index (χ0v) is 13.1. The summed E-state index contributed by atoms with van der Waals surface area (Å²) in [7, 11) is 0. The van der Waals surface area contributed by atoms with Gasteiger partial charge in [0.25, 0.3) is 0 Å². The van der Waals surface area contributed by atoms with E-state index in [4.69, 9.17) is 0 Å². The maximum atomic E-state index is 10.6. The number of hydrogen-bond acceptors (Lipinski definition) is 8. The van der Waals surface area contributed by atoms with Crippen LogP contribution in [0.3, 0.4) is 0 Å². The maximum Gasteiger partial charge on any atom is 0.222 e. The highest BCUT2D eigenvalue weighted by Crippen LogP contribution is 2.28. The van der Waals surface area contributed by atoms with E-state index in [0.29, 0.717) is 5.17 Å². The lowest BCUT2D eigenvalue weighted by Crippen LogP contribution is -2.08.